The van der Waals surface area contributed by atoms with Crippen molar-refractivity contribution in [2.45, 2.75) is 18.8 Å². The fourth-order valence-corrected chi connectivity index (χ4v) is 1.92. The highest BCUT2D eigenvalue weighted by Gasteiger charge is 2.15. The van der Waals surface area contributed by atoms with Crippen LogP contribution < -0.4 is 5.32 Å². The molecule has 0 amide bonds. The predicted octanol–water partition coefficient (Wildman–Crippen LogP) is 2.20. The third kappa shape index (κ3) is 2.20. The van der Waals surface area contributed by atoms with E-state index < -0.39 is 0 Å². The summed E-state index contributed by atoms with van der Waals surface area (Å²) in [5.41, 5.74) is 1.12. The molecule has 0 saturated carbocycles. The van der Waals surface area contributed by atoms with Crippen molar-refractivity contribution in [2.24, 2.45) is 0 Å². The second-order valence-corrected chi connectivity index (χ2v) is 3.88. The molecule has 0 bridgehead atoms. The molecular formula is C10H13ClN2. The summed E-state index contributed by atoms with van der Waals surface area (Å²) in [6.07, 6.45) is 4.24. The third-order valence-electron chi connectivity index (χ3n) is 2.46. The molecule has 0 aliphatic carbocycles. The Bertz CT molecular complexity index is 282. The van der Waals surface area contributed by atoms with Crippen LogP contribution in [0, 0.1) is 0 Å². The molecule has 2 nitrogen and oxygen atoms in total. The van der Waals surface area contributed by atoms with Gasteiger partial charge >= 0.3 is 0 Å². The minimum absolute atomic E-state index is 0.549. The molecule has 1 fully saturated rings. The van der Waals surface area contributed by atoms with E-state index in [0.29, 0.717) is 5.92 Å². The lowest BCUT2D eigenvalue weighted by atomic mass is 9.96. The molecule has 13 heavy (non-hydrogen) atoms. The zero-order chi connectivity index (χ0) is 9.10. The number of nitrogens with zero attached hydrogens (tertiary/aromatic N) is 1. The van der Waals surface area contributed by atoms with Gasteiger partial charge in [-0.1, -0.05) is 11.6 Å². The number of hydrogen-bond acceptors (Lipinski definition) is 2. The van der Waals surface area contributed by atoms with E-state index >= 15 is 0 Å². The molecule has 1 aliphatic heterocycles. The van der Waals surface area contributed by atoms with E-state index in [2.05, 4.69) is 10.3 Å². The van der Waals surface area contributed by atoms with E-state index in [0.717, 1.165) is 23.8 Å². The molecule has 0 spiro atoms. The summed E-state index contributed by atoms with van der Waals surface area (Å²) in [4.78, 5) is 4.34. The monoisotopic (exact) mass is 196 g/mol. The molecule has 1 saturated heterocycles. The van der Waals surface area contributed by atoms with Gasteiger partial charge in [0.1, 0.15) is 0 Å². The van der Waals surface area contributed by atoms with Gasteiger partial charge in [-0.3, -0.25) is 4.98 Å². The van der Waals surface area contributed by atoms with Gasteiger partial charge in [0.25, 0.3) is 0 Å². The zero-order valence-corrected chi connectivity index (χ0v) is 8.22. The first-order valence-electron chi connectivity index (χ1n) is 4.68. The smallest absolute Gasteiger partial charge is 0.0462 e. The van der Waals surface area contributed by atoms with Crippen molar-refractivity contribution in [3.05, 3.63) is 29.0 Å². The van der Waals surface area contributed by atoms with Crippen molar-refractivity contribution in [3.8, 4) is 0 Å². The lowest BCUT2D eigenvalue weighted by Crippen LogP contribution is -2.28. The molecule has 1 aromatic heterocycles. The molecular weight excluding hydrogens is 184 g/mol. The molecule has 1 atom stereocenters. The average Bonchev–Trinajstić information content (AvgIpc) is 2.19. The molecule has 2 heterocycles. The molecule has 0 radical (unpaired) electrons. The van der Waals surface area contributed by atoms with Crippen molar-refractivity contribution in [2.75, 3.05) is 13.1 Å². The Morgan fingerprint density at radius 3 is 3.15 bits per heavy atom. The quantitative estimate of drug-likeness (QED) is 0.745. The zero-order valence-electron chi connectivity index (χ0n) is 7.46. The Balaban J connectivity index is 2.14. The lowest BCUT2D eigenvalue weighted by molar-refractivity contribution is 0.455. The van der Waals surface area contributed by atoms with Crippen LogP contribution in [0.3, 0.4) is 0 Å². The Morgan fingerprint density at radius 2 is 2.46 bits per heavy atom. The van der Waals surface area contributed by atoms with Gasteiger partial charge in [0.05, 0.1) is 0 Å². The maximum absolute atomic E-state index is 5.90. The predicted molar refractivity (Wildman–Crippen MR) is 54.1 cm³/mol. The summed E-state index contributed by atoms with van der Waals surface area (Å²) in [6.45, 7) is 2.17. The Hall–Kier alpha value is -0.600. The second-order valence-electron chi connectivity index (χ2n) is 3.44. The summed E-state index contributed by atoms with van der Waals surface area (Å²) in [6, 6.07) is 3.79. The molecule has 1 unspecified atom stereocenters. The van der Waals surface area contributed by atoms with Crippen LogP contribution in [0.4, 0.5) is 0 Å². The fourth-order valence-electron chi connectivity index (χ4n) is 1.75. The van der Waals surface area contributed by atoms with Crippen molar-refractivity contribution in [3.63, 3.8) is 0 Å². The first-order valence-corrected chi connectivity index (χ1v) is 5.06. The van der Waals surface area contributed by atoms with Gasteiger partial charge in [-0.25, -0.2) is 0 Å². The first-order chi connectivity index (χ1) is 6.36. The van der Waals surface area contributed by atoms with Crippen LogP contribution >= 0.6 is 11.6 Å². The highest BCUT2D eigenvalue weighted by atomic mass is 35.5. The van der Waals surface area contributed by atoms with Crippen LogP contribution in [0.2, 0.25) is 5.02 Å². The molecule has 2 rings (SSSR count). The maximum Gasteiger partial charge on any atom is 0.0462 e. The van der Waals surface area contributed by atoms with Crippen LogP contribution in [-0.2, 0) is 0 Å². The molecule has 3 heteroatoms. The van der Waals surface area contributed by atoms with Crippen LogP contribution in [0.1, 0.15) is 24.5 Å². The molecule has 1 aromatic rings. The number of aromatic nitrogens is 1. The highest BCUT2D eigenvalue weighted by molar-refractivity contribution is 6.30. The summed E-state index contributed by atoms with van der Waals surface area (Å²) in [5.74, 6) is 0.549. The van der Waals surface area contributed by atoms with E-state index in [9.17, 15) is 0 Å². The van der Waals surface area contributed by atoms with Crippen LogP contribution in [0.25, 0.3) is 0 Å². The second kappa shape index (κ2) is 4.07. The van der Waals surface area contributed by atoms with Crippen molar-refractivity contribution >= 4 is 11.6 Å². The van der Waals surface area contributed by atoms with Crippen LogP contribution in [0.5, 0.6) is 0 Å². The number of nitrogens with one attached hydrogen (secondary N) is 1. The minimum Gasteiger partial charge on any atom is -0.316 e. The number of pyridine rings is 1. The third-order valence-corrected chi connectivity index (χ3v) is 2.69. The number of halogens is 1. The Kier molecular flexibility index (Phi) is 2.81. The van der Waals surface area contributed by atoms with Crippen molar-refractivity contribution < 1.29 is 0 Å². The maximum atomic E-state index is 5.90. The Morgan fingerprint density at radius 1 is 1.54 bits per heavy atom. The van der Waals surface area contributed by atoms with E-state index in [1.807, 2.05) is 12.1 Å². The summed E-state index contributed by atoms with van der Waals surface area (Å²) >= 11 is 5.90. The van der Waals surface area contributed by atoms with Crippen LogP contribution in [-0.4, -0.2) is 18.1 Å². The number of rotatable bonds is 1. The summed E-state index contributed by atoms with van der Waals surface area (Å²) in [7, 11) is 0. The summed E-state index contributed by atoms with van der Waals surface area (Å²) < 4.78 is 0. The van der Waals surface area contributed by atoms with Gasteiger partial charge in [0, 0.05) is 29.4 Å². The Labute approximate surface area is 83.3 Å². The van der Waals surface area contributed by atoms with E-state index in [-0.39, 0.29) is 0 Å². The normalized spacial score (nSPS) is 23.0. The average molecular weight is 197 g/mol. The molecule has 0 aromatic carbocycles. The van der Waals surface area contributed by atoms with E-state index in [1.165, 1.54) is 12.8 Å². The standard InChI is InChI=1S/C10H13ClN2/c11-9-3-5-13-10(6-9)8-2-1-4-12-7-8/h3,5-6,8,12H,1-2,4,7H2. The topological polar surface area (TPSA) is 24.9 Å². The number of piperidine rings is 1. The molecule has 1 aliphatic rings. The molecule has 70 valence electrons. The van der Waals surface area contributed by atoms with Gasteiger partial charge in [-0.15, -0.1) is 0 Å². The SMILES string of the molecule is Clc1ccnc(C2CCCNC2)c1. The van der Waals surface area contributed by atoms with E-state index in [1.54, 1.807) is 6.20 Å². The fraction of sp³-hybridized carbons (Fsp3) is 0.500. The van der Waals surface area contributed by atoms with Crippen molar-refractivity contribution in [1.82, 2.24) is 10.3 Å². The lowest BCUT2D eigenvalue weighted by Gasteiger charge is -2.22. The van der Waals surface area contributed by atoms with Gasteiger partial charge in [-0.2, -0.15) is 0 Å². The minimum atomic E-state index is 0.549. The van der Waals surface area contributed by atoms with Crippen LogP contribution in [0.15, 0.2) is 18.3 Å². The van der Waals surface area contributed by atoms with Gasteiger partial charge in [-0.05, 0) is 31.5 Å². The highest BCUT2D eigenvalue weighted by Crippen LogP contribution is 2.22. The summed E-state index contributed by atoms with van der Waals surface area (Å²) in [5, 5.41) is 4.16. The largest absolute Gasteiger partial charge is 0.316 e. The number of hydrogen-bond donors (Lipinski definition) is 1. The van der Waals surface area contributed by atoms with Gasteiger partial charge in [0.2, 0.25) is 0 Å². The van der Waals surface area contributed by atoms with Crippen molar-refractivity contribution in [1.29, 1.82) is 0 Å². The van der Waals surface area contributed by atoms with E-state index in [4.69, 9.17) is 11.6 Å². The first kappa shape index (κ1) is 8.97. The molecule has 1 N–H and O–H groups in total. The van der Waals surface area contributed by atoms with Gasteiger partial charge in [0.15, 0.2) is 0 Å². The van der Waals surface area contributed by atoms with Gasteiger partial charge < -0.3 is 5.32 Å².